The molecule has 4 aromatic carbocycles. The molecule has 2 aliphatic rings. The van der Waals surface area contributed by atoms with Gasteiger partial charge in [-0.25, -0.2) is 14.4 Å². The number of methoxy groups -OCH3 is 2. The van der Waals surface area contributed by atoms with Crippen molar-refractivity contribution in [3.05, 3.63) is 166 Å². The maximum absolute atomic E-state index is 14.6. The van der Waals surface area contributed by atoms with Gasteiger partial charge in [0.25, 0.3) is 14.4 Å². The molecule has 6 aromatic rings. The van der Waals surface area contributed by atoms with E-state index in [0.29, 0.717) is 34.4 Å². The van der Waals surface area contributed by atoms with Crippen LogP contribution in [0.25, 0.3) is 0 Å². The average molecular weight is 996 g/mol. The summed E-state index contributed by atoms with van der Waals surface area (Å²) in [6.45, 7) is 10.3. The third kappa shape index (κ3) is 10.4. The van der Waals surface area contributed by atoms with Gasteiger partial charge in [-0.05, 0) is 93.8 Å². The van der Waals surface area contributed by atoms with Crippen LogP contribution < -0.4 is 30.3 Å². The summed E-state index contributed by atoms with van der Waals surface area (Å²) in [7, 11) is 5.10. The van der Waals surface area contributed by atoms with E-state index in [0.717, 1.165) is 16.7 Å². The van der Waals surface area contributed by atoms with Crippen LogP contribution in [0.1, 0.15) is 73.0 Å². The second-order valence-electron chi connectivity index (χ2n) is 18.4. The number of nitrogens with one attached hydrogen (secondary N) is 1. The van der Waals surface area contributed by atoms with Gasteiger partial charge in [-0.2, -0.15) is 15.2 Å². The molecular formula is C54H62N9O8P. The van der Waals surface area contributed by atoms with Crippen LogP contribution in [-0.4, -0.2) is 108 Å². The zero-order valence-electron chi connectivity index (χ0n) is 42.1. The molecular weight excluding hydrogens is 934 g/mol. The van der Waals surface area contributed by atoms with Crippen LogP contribution in [0.5, 0.6) is 11.5 Å². The maximum atomic E-state index is 14.6. The van der Waals surface area contributed by atoms with Crippen LogP contribution >= 0.6 is 8.53 Å². The zero-order valence-corrected chi connectivity index (χ0v) is 43.0. The molecule has 1 amide bonds. The lowest BCUT2D eigenvalue weighted by Crippen LogP contribution is -2.52. The van der Waals surface area contributed by atoms with E-state index >= 15 is 0 Å². The van der Waals surface area contributed by atoms with Crippen molar-refractivity contribution < 1.29 is 32.8 Å². The third-order valence-corrected chi connectivity index (χ3v) is 15.0. The molecule has 2 saturated heterocycles. The summed E-state index contributed by atoms with van der Waals surface area (Å²) < 4.78 is 44.1. The van der Waals surface area contributed by atoms with Gasteiger partial charge < -0.3 is 43.1 Å². The first-order valence-electron chi connectivity index (χ1n) is 23.9. The first-order valence-corrected chi connectivity index (χ1v) is 25.0. The lowest BCUT2D eigenvalue weighted by atomic mass is 9.79. The maximum Gasteiger partial charge on any atom is 0.351 e. The molecule has 18 heteroatoms. The number of carbonyl (C=O) groups is 1. The normalized spacial score (nSPS) is 18.9. The molecule has 0 aliphatic carbocycles. The Labute approximate surface area is 422 Å². The Morgan fingerprint density at radius 2 is 1.49 bits per heavy atom. The minimum Gasteiger partial charge on any atom is -0.497 e. The van der Waals surface area contributed by atoms with Gasteiger partial charge in [0.2, 0.25) is 5.95 Å². The van der Waals surface area contributed by atoms with Crippen LogP contribution in [0.2, 0.25) is 0 Å². The Morgan fingerprint density at radius 3 is 2.06 bits per heavy atom. The number of nitrogens with zero attached hydrogens (tertiary/aromatic N) is 8. The van der Waals surface area contributed by atoms with Crippen molar-refractivity contribution in [2.45, 2.75) is 82.7 Å². The number of ether oxygens (including phenoxy) is 4. The van der Waals surface area contributed by atoms with Gasteiger partial charge in [0.15, 0.2) is 6.23 Å². The molecule has 0 spiro atoms. The van der Waals surface area contributed by atoms with Gasteiger partial charge in [0.1, 0.15) is 46.5 Å². The number of rotatable bonds is 21. The van der Waals surface area contributed by atoms with Gasteiger partial charge in [0.05, 0.1) is 46.5 Å². The lowest BCUT2D eigenvalue weighted by Gasteiger charge is -2.42. The molecule has 2 aromatic heterocycles. The van der Waals surface area contributed by atoms with Gasteiger partial charge in [-0.15, -0.1) is 0 Å². The number of benzene rings is 4. The van der Waals surface area contributed by atoms with Crippen LogP contribution in [0.15, 0.2) is 132 Å². The largest absolute Gasteiger partial charge is 0.497 e. The predicted molar refractivity (Wildman–Crippen MR) is 276 cm³/mol. The fourth-order valence-corrected chi connectivity index (χ4v) is 11.3. The lowest BCUT2D eigenvalue weighted by molar-refractivity contribution is -0.157. The summed E-state index contributed by atoms with van der Waals surface area (Å²) in [5.74, 6) is 2.09. The van der Waals surface area contributed by atoms with Crippen molar-refractivity contribution in [1.82, 2.24) is 24.2 Å². The highest BCUT2D eigenvalue weighted by atomic mass is 31.2. The van der Waals surface area contributed by atoms with Crippen molar-refractivity contribution in [1.29, 1.82) is 5.26 Å². The summed E-state index contributed by atoms with van der Waals surface area (Å²) in [4.78, 5) is 46.0. The first-order chi connectivity index (χ1) is 34.7. The molecule has 1 N–H and O–H groups in total. The summed E-state index contributed by atoms with van der Waals surface area (Å²) in [5.41, 5.74) is 0.0619. The Balaban J connectivity index is 1.33. The van der Waals surface area contributed by atoms with Crippen molar-refractivity contribution in [2.75, 3.05) is 63.2 Å². The molecule has 8 rings (SSSR count). The van der Waals surface area contributed by atoms with Gasteiger partial charge in [0, 0.05) is 49.7 Å². The fourth-order valence-electron chi connectivity index (χ4n) is 9.51. The Morgan fingerprint density at radius 1 is 0.889 bits per heavy atom. The monoisotopic (exact) mass is 995 g/mol. The van der Waals surface area contributed by atoms with E-state index < -0.39 is 49.7 Å². The highest BCUT2D eigenvalue weighted by Crippen LogP contribution is 2.57. The number of nitriles is 1. The predicted octanol–water partition coefficient (Wildman–Crippen LogP) is 8.50. The minimum absolute atomic E-state index is 0.0363. The van der Waals surface area contributed by atoms with Gasteiger partial charge in [-0.1, -0.05) is 72.8 Å². The minimum atomic E-state index is -1.90. The SMILES string of the molecule is COc1ccc(C(OC[C@@]23CN(c4ccnc(N(C)C)n4)[C@@H]([C@H](n4cc(C)c(NC(=O)c5ccccc5)nc4=O)O2)[C@@H]3OP(OCCC#N)N(C(C)C)C(C)C)(c2ccccc2)c2ccc(OC)cc2)cc1. The molecule has 2 fully saturated rings. The molecule has 2 bridgehead atoms. The topological polar surface area (TPSA) is 179 Å². The number of amides is 1. The standard InChI is InChI=1S/C54H62N9O8P/c1-36(2)63(37(3)4)72(69-32-16-30-55)71-47-46-50(61-33-38(5)48(59-52(61)65)58-49(64)39-17-12-10-13-18-39)70-53(47,34-62(46)45-29-31-56-51(57-45)60(6)7)35-68-54(40-19-14-11-15-20-40,41-21-25-43(66-8)26-22-41)42-23-27-44(67-9)28-24-42/h10-15,17-29,31,33,36-37,46-47,50H,16,32,34-35H2,1-9H3,(H,58,59,64,65)/t46-,47+,50-,53-,72?/m1/s1. The van der Waals surface area contributed by atoms with E-state index in [2.05, 4.69) is 58.6 Å². The zero-order chi connectivity index (χ0) is 51.2. The number of hydrogen-bond donors (Lipinski definition) is 1. The van der Waals surface area contributed by atoms with Crippen molar-refractivity contribution in [2.24, 2.45) is 0 Å². The van der Waals surface area contributed by atoms with Crippen LogP contribution in [0.3, 0.4) is 0 Å². The van der Waals surface area contributed by atoms with Gasteiger partial charge in [-0.3, -0.25) is 9.36 Å². The summed E-state index contributed by atoms with van der Waals surface area (Å²) in [5, 5.41) is 12.5. The first kappa shape index (κ1) is 51.6. The quantitative estimate of drug-likeness (QED) is 0.0412. The van der Waals surface area contributed by atoms with Crippen LogP contribution in [-0.2, 0) is 24.1 Å². The Kier molecular flexibility index (Phi) is 16.0. The highest BCUT2D eigenvalue weighted by molar-refractivity contribution is 7.44. The molecule has 5 atom stereocenters. The highest BCUT2D eigenvalue weighted by Gasteiger charge is 2.67. The molecule has 2 aliphatic heterocycles. The van der Waals surface area contributed by atoms with E-state index in [1.807, 2.05) is 110 Å². The number of carbonyl (C=O) groups excluding carboxylic acids is 1. The van der Waals surface area contributed by atoms with Gasteiger partial charge >= 0.3 is 5.69 Å². The Hall–Kier alpha value is -6.77. The molecule has 4 heterocycles. The second kappa shape index (κ2) is 22.3. The molecule has 72 heavy (non-hydrogen) atoms. The second-order valence-corrected chi connectivity index (χ2v) is 19.9. The molecule has 17 nitrogen and oxygen atoms in total. The van der Waals surface area contributed by atoms with Crippen molar-refractivity contribution >= 4 is 32.0 Å². The Bertz CT molecular complexity index is 2830. The van der Waals surface area contributed by atoms with E-state index in [9.17, 15) is 14.9 Å². The fraction of sp³-hybridized carbons (Fsp3) is 0.370. The third-order valence-electron chi connectivity index (χ3n) is 12.8. The molecule has 1 unspecified atom stereocenters. The van der Waals surface area contributed by atoms with Crippen molar-refractivity contribution in [3.8, 4) is 17.6 Å². The molecule has 0 radical (unpaired) electrons. The van der Waals surface area contributed by atoms with E-state index in [1.54, 1.807) is 57.8 Å². The number of hydrogen-bond acceptors (Lipinski definition) is 15. The summed E-state index contributed by atoms with van der Waals surface area (Å²) in [6.07, 6.45) is 1.56. The smallest absolute Gasteiger partial charge is 0.351 e. The number of anilines is 3. The number of fused-ring (bicyclic) bond motifs is 2. The van der Waals surface area contributed by atoms with E-state index in [1.165, 1.54) is 4.57 Å². The van der Waals surface area contributed by atoms with Crippen molar-refractivity contribution in [3.63, 3.8) is 0 Å². The van der Waals surface area contributed by atoms with Crippen LogP contribution in [0, 0.1) is 18.3 Å². The van der Waals surface area contributed by atoms with E-state index in [-0.39, 0.29) is 44.1 Å². The molecule has 376 valence electrons. The molecule has 0 saturated carbocycles. The van der Waals surface area contributed by atoms with E-state index in [4.69, 9.17) is 33.0 Å². The summed E-state index contributed by atoms with van der Waals surface area (Å²) in [6, 6.07) is 37.5. The average Bonchev–Trinajstić information content (AvgIpc) is 3.86. The number of aryl methyl sites for hydroxylation is 1. The summed E-state index contributed by atoms with van der Waals surface area (Å²) >= 11 is 0. The number of morpholine rings is 1. The number of aromatic nitrogens is 4. The van der Waals surface area contributed by atoms with Crippen LogP contribution in [0.4, 0.5) is 17.6 Å².